The highest BCUT2D eigenvalue weighted by Gasteiger charge is 2.15. The Balaban J connectivity index is 1.15. The molecule has 4 heteroatoms. The monoisotopic (exact) mass is 678 g/mol. The minimum Gasteiger partial charge on any atom is -0.261 e. The standard InChI is InChI=1S/C49H34N4/c1-33-46(17-10-28-50-33)38-25-22-36(23-26-38)35-18-20-37(21-19-35)43-30-44(42-27-24-34-11-8-9-16-41(34)29-42)32-45(31-43)49-52-47(39-12-4-2-5-13-39)51-48(53-49)40-14-6-3-7-15-40/h2-32H,1H3. The molecule has 0 aliphatic heterocycles. The van der Waals surface area contributed by atoms with Crippen LogP contribution >= 0.6 is 0 Å². The van der Waals surface area contributed by atoms with E-state index in [1.807, 2.05) is 79.9 Å². The summed E-state index contributed by atoms with van der Waals surface area (Å²) in [6, 6.07) is 63.7. The van der Waals surface area contributed by atoms with Gasteiger partial charge >= 0.3 is 0 Å². The number of nitrogens with zero attached hydrogens (tertiary/aromatic N) is 4. The van der Waals surface area contributed by atoms with E-state index in [0.29, 0.717) is 17.5 Å². The third-order valence-electron chi connectivity index (χ3n) is 9.73. The minimum absolute atomic E-state index is 0.627. The average Bonchev–Trinajstić information content (AvgIpc) is 3.24. The number of aromatic nitrogens is 4. The Kier molecular flexibility index (Phi) is 8.39. The maximum atomic E-state index is 5.08. The summed E-state index contributed by atoms with van der Waals surface area (Å²) < 4.78 is 0. The third-order valence-corrected chi connectivity index (χ3v) is 9.73. The molecule has 4 nitrogen and oxygen atoms in total. The predicted octanol–water partition coefficient (Wildman–Crippen LogP) is 12.4. The molecule has 0 saturated heterocycles. The summed E-state index contributed by atoms with van der Waals surface area (Å²) in [6.07, 6.45) is 1.84. The van der Waals surface area contributed by atoms with Crippen LogP contribution in [-0.2, 0) is 0 Å². The molecule has 9 rings (SSSR count). The molecule has 0 amide bonds. The topological polar surface area (TPSA) is 51.6 Å². The predicted molar refractivity (Wildman–Crippen MR) is 218 cm³/mol. The van der Waals surface area contributed by atoms with Gasteiger partial charge in [-0.2, -0.15) is 0 Å². The molecule has 9 aromatic rings. The molecule has 0 unspecified atom stereocenters. The lowest BCUT2D eigenvalue weighted by atomic mass is 9.93. The lowest BCUT2D eigenvalue weighted by Gasteiger charge is -2.13. The third kappa shape index (κ3) is 6.62. The van der Waals surface area contributed by atoms with Crippen LogP contribution < -0.4 is 0 Å². The van der Waals surface area contributed by atoms with Crippen molar-refractivity contribution in [3.63, 3.8) is 0 Å². The zero-order chi connectivity index (χ0) is 35.6. The van der Waals surface area contributed by atoms with Crippen molar-refractivity contribution < 1.29 is 0 Å². The second kappa shape index (κ2) is 13.9. The first-order chi connectivity index (χ1) is 26.1. The normalized spacial score (nSPS) is 11.1. The lowest BCUT2D eigenvalue weighted by molar-refractivity contribution is 1.07. The van der Waals surface area contributed by atoms with Gasteiger partial charge in [0.15, 0.2) is 17.5 Å². The van der Waals surface area contributed by atoms with Gasteiger partial charge in [0.05, 0.1) is 0 Å². The van der Waals surface area contributed by atoms with Gasteiger partial charge in [-0.25, -0.2) is 15.0 Å². The highest BCUT2D eigenvalue weighted by atomic mass is 15.0. The lowest BCUT2D eigenvalue weighted by Crippen LogP contribution is -2.00. The molecule has 0 radical (unpaired) electrons. The van der Waals surface area contributed by atoms with Crippen molar-refractivity contribution in [2.24, 2.45) is 0 Å². The summed E-state index contributed by atoms with van der Waals surface area (Å²) in [6.45, 7) is 2.05. The van der Waals surface area contributed by atoms with Gasteiger partial charge in [0.1, 0.15) is 0 Å². The summed E-state index contributed by atoms with van der Waals surface area (Å²) >= 11 is 0. The summed E-state index contributed by atoms with van der Waals surface area (Å²) in [5.41, 5.74) is 12.9. The van der Waals surface area contributed by atoms with E-state index in [0.717, 1.165) is 61.3 Å². The first-order valence-corrected chi connectivity index (χ1v) is 17.8. The van der Waals surface area contributed by atoms with E-state index >= 15 is 0 Å². The number of benzene rings is 7. The Bertz CT molecular complexity index is 2650. The van der Waals surface area contributed by atoms with E-state index in [1.54, 1.807) is 0 Å². The van der Waals surface area contributed by atoms with Crippen LogP contribution in [0.4, 0.5) is 0 Å². The van der Waals surface area contributed by atoms with Crippen LogP contribution in [-0.4, -0.2) is 19.9 Å². The van der Waals surface area contributed by atoms with Gasteiger partial charge in [-0.15, -0.1) is 0 Å². The van der Waals surface area contributed by atoms with Crippen LogP contribution in [0.2, 0.25) is 0 Å². The molecule has 0 saturated carbocycles. The number of pyridine rings is 1. The van der Waals surface area contributed by atoms with E-state index in [4.69, 9.17) is 15.0 Å². The molecule has 7 aromatic carbocycles. The quantitative estimate of drug-likeness (QED) is 0.168. The number of rotatable bonds is 7. The molecule has 2 aromatic heterocycles. The van der Waals surface area contributed by atoms with Crippen LogP contribution in [0.15, 0.2) is 188 Å². The van der Waals surface area contributed by atoms with Crippen LogP contribution in [0.3, 0.4) is 0 Å². The Morgan fingerprint density at radius 3 is 1.34 bits per heavy atom. The zero-order valence-electron chi connectivity index (χ0n) is 29.2. The second-order valence-corrected chi connectivity index (χ2v) is 13.2. The molecule has 53 heavy (non-hydrogen) atoms. The average molecular weight is 679 g/mol. The molecule has 0 fully saturated rings. The van der Waals surface area contributed by atoms with Crippen molar-refractivity contribution in [1.82, 2.24) is 19.9 Å². The van der Waals surface area contributed by atoms with E-state index in [-0.39, 0.29) is 0 Å². The van der Waals surface area contributed by atoms with Crippen molar-refractivity contribution in [1.29, 1.82) is 0 Å². The molecular weight excluding hydrogens is 645 g/mol. The van der Waals surface area contributed by atoms with Gasteiger partial charge in [0.2, 0.25) is 0 Å². The first-order valence-electron chi connectivity index (χ1n) is 17.8. The number of hydrogen-bond acceptors (Lipinski definition) is 4. The van der Waals surface area contributed by atoms with Crippen molar-refractivity contribution in [3.05, 3.63) is 194 Å². The second-order valence-electron chi connectivity index (χ2n) is 13.2. The van der Waals surface area contributed by atoms with Gasteiger partial charge in [-0.05, 0) is 87.0 Å². The van der Waals surface area contributed by atoms with Crippen molar-refractivity contribution >= 4 is 10.8 Å². The van der Waals surface area contributed by atoms with Gasteiger partial charge in [-0.1, -0.05) is 152 Å². The molecule has 2 heterocycles. The van der Waals surface area contributed by atoms with E-state index in [9.17, 15) is 0 Å². The Labute approximate surface area is 309 Å². The summed E-state index contributed by atoms with van der Waals surface area (Å²) in [5, 5.41) is 2.41. The van der Waals surface area contributed by atoms with Crippen LogP contribution in [0.1, 0.15) is 5.69 Å². The van der Waals surface area contributed by atoms with Gasteiger partial charge in [-0.3, -0.25) is 4.98 Å². The fourth-order valence-electron chi connectivity index (χ4n) is 6.88. The van der Waals surface area contributed by atoms with Crippen LogP contribution in [0, 0.1) is 6.92 Å². The Morgan fingerprint density at radius 1 is 0.302 bits per heavy atom. The minimum atomic E-state index is 0.627. The Hall–Kier alpha value is -7.04. The molecule has 0 spiro atoms. The molecule has 250 valence electrons. The molecule has 0 aliphatic carbocycles. The van der Waals surface area contributed by atoms with Gasteiger partial charge in [0.25, 0.3) is 0 Å². The molecular formula is C49H34N4. The largest absolute Gasteiger partial charge is 0.261 e. The van der Waals surface area contributed by atoms with E-state index in [2.05, 4.69) is 120 Å². The molecule has 0 N–H and O–H groups in total. The molecule has 0 atom stereocenters. The van der Waals surface area contributed by atoms with Gasteiger partial charge < -0.3 is 0 Å². The molecule has 0 bridgehead atoms. The van der Waals surface area contributed by atoms with Crippen LogP contribution in [0.5, 0.6) is 0 Å². The highest BCUT2D eigenvalue weighted by molar-refractivity contribution is 5.89. The summed E-state index contributed by atoms with van der Waals surface area (Å²) in [7, 11) is 0. The van der Waals surface area contributed by atoms with E-state index < -0.39 is 0 Å². The zero-order valence-corrected chi connectivity index (χ0v) is 29.2. The first kappa shape index (κ1) is 31.9. The van der Waals surface area contributed by atoms with Crippen LogP contribution in [0.25, 0.3) is 89.4 Å². The fourth-order valence-corrected chi connectivity index (χ4v) is 6.88. The summed E-state index contributed by atoms with van der Waals surface area (Å²) in [4.78, 5) is 19.6. The van der Waals surface area contributed by atoms with Crippen molar-refractivity contribution in [2.75, 3.05) is 0 Å². The maximum absolute atomic E-state index is 5.08. The Morgan fingerprint density at radius 2 is 0.755 bits per heavy atom. The fraction of sp³-hybridized carbons (Fsp3) is 0.0204. The number of fused-ring (bicyclic) bond motifs is 1. The maximum Gasteiger partial charge on any atom is 0.164 e. The highest BCUT2D eigenvalue weighted by Crippen LogP contribution is 2.35. The number of aryl methyl sites for hydroxylation is 1. The van der Waals surface area contributed by atoms with Crippen molar-refractivity contribution in [2.45, 2.75) is 6.92 Å². The summed E-state index contributed by atoms with van der Waals surface area (Å²) in [5.74, 6) is 1.91. The molecule has 0 aliphatic rings. The smallest absolute Gasteiger partial charge is 0.164 e. The van der Waals surface area contributed by atoms with Crippen molar-refractivity contribution in [3.8, 4) is 78.7 Å². The SMILES string of the molecule is Cc1ncccc1-c1ccc(-c2ccc(-c3cc(-c4ccc5ccccc5c4)cc(-c4nc(-c5ccccc5)nc(-c5ccccc5)n4)c3)cc2)cc1. The number of hydrogen-bond donors (Lipinski definition) is 0. The van der Waals surface area contributed by atoms with Gasteiger partial charge in [0, 0.05) is 34.1 Å². The van der Waals surface area contributed by atoms with E-state index in [1.165, 1.54) is 16.3 Å².